The third-order valence-corrected chi connectivity index (χ3v) is 4.65. The van der Waals surface area contributed by atoms with Gasteiger partial charge in [-0.15, -0.1) is 0 Å². The van der Waals surface area contributed by atoms with E-state index < -0.39 is 0 Å². The van der Waals surface area contributed by atoms with Gasteiger partial charge in [-0.2, -0.15) is 0 Å². The molecule has 2 aromatic carbocycles. The molecule has 0 heterocycles. The zero-order chi connectivity index (χ0) is 14.9. The predicted octanol–water partition coefficient (Wildman–Crippen LogP) is 5.59. The summed E-state index contributed by atoms with van der Waals surface area (Å²) in [6.07, 6.45) is 0. The third kappa shape index (κ3) is 2.84. The minimum atomic E-state index is -0.356. The number of alkyl halides is 1. The van der Waals surface area contributed by atoms with Crippen molar-refractivity contribution >= 4 is 27.5 Å². The first-order valence-electron chi connectivity index (χ1n) is 6.18. The second-order valence-corrected chi connectivity index (χ2v) is 6.00. The van der Waals surface area contributed by atoms with Crippen LogP contribution in [0.4, 0.5) is 4.39 Å². The summed E-state index contributed by atoms with van der Waals surface area (Å²) < 4.78 is 19.4. The number of hydrogen-bond acceptors (Lipinski definition) is 1. The molecule has 2 rings (SSSR count). The van der Waals surface area contributed by atoms with Crippen molar-refractivity contribution in [2.75, 3.05) is 7.11 Å². The summed E-state index contributed by atoms with van der Waals surface area (Å²) in [4.78, 5) is -0.356. The Kier molecular flexibility index (Phi) is 4.71. The van der Waals surface area contributed by atoms with E-state index in [4.69, 9.17) is 16.3 Å². The Morgan fingerprint density at radius 1 is 1.20 bits per heavy atom. The molecule has 0 aliphatic rings. The Morgan fingerprint density at radius 3 is 2.50 bits per heavy atom. The second kappa shape index (κ2) is 6.15. The average molecular weight is 358 g/mol. The molecule has 106 valence electrons. The number of methoxy groups -OCH3 is 1. The zero-order valence-electron chi connectivity index (χ0n) is 11.5. The van der Waals surface area contributed by atoms with Crippen LogP contribution in [-0.4, -0.2) is 7.11 Å². The van der Waals surface area contributed by atoms with Crippen LogP contribution in [0.3, 0.4) is 0 Å². The first-order valence-corrected chi connectivity index (χ1v) is 7.48. The lowest BCUT2D eigenvalue weighted by Gasteiger charge is -2.18. The largest absolute Gasteiger partial charge is 0.496 e. The van der Waals surface area contributed by atoms with Crippen LogP contribution in [-0.2, 0) is 0 Å². The quantitative estimate of drug-likeness (QED) is 0.651. The highest BCUT2D eigenvalue weighted by molar-refractivity contribution is 9.09. The highest BCUT2D eigenvalue weighted by Gasteiger charge is 2.22. The van der Waals surface area contributed by atoms with Gasteiger partial charge in [-0.05, 0) is 48.7 Å². The molecule has 0 aliphatic heterocycles. The van der Waals surface area contributed by atoms with E-state index >= 15 is 0 Å². The smallest absolute Gasteiger partial charge is 0.131 e. The molecule has 0 fully saturated rings. The van der Waals surface area contributed by atoms with Gasteiger partial charge in [0, 0.05) is 10.6 Å². The monoisotopic (exact) mass is 356 g/mol. The summed E-state index contributed by atoms with van der Waals surface area (Å²) in [6.45, 7) is 4.01. The topological polar surface area (TPSA) is 9.23 Å². The Balaban J connectivity index is 2.57. The van der Waals surface area contributed by atoms with Gasteiger partial charge >= 0.3 is 0 Å². The van der Waals surface area contributed by atoms with Gasteiger partial charge in [0.05, 0.1) is 11.9 Å². The van der Waals surface area contributed by atoms with E-state index in [0.717, 1.165) is 16.7 Å². The molecule has 0 N–H and O–H groups in total. The standard InChI is InChI=1S/C16H15BrClFO/c1-9-7-11(12(18)8-10(9)2)16(17)15-13(19)5-4-6-14(15)20-3/h4-8,16H,1-3H3. The van der Waals surface area contributed by atoms with Crippen LogP contribution in [0.2, 0.25) is 5.02 Å². The number of ether oxygens (including phenoxy) is 1. The normalized spacial score (nSPS) is 12.3. The molecule has 2 aromatic rings. The van der Waals surface area contributed by atoms with E-state index in [1.54, 1.807) is 12.1 Å². The number of benzene rings is 2. The van der Waals surface area contributed by atoms with Crippen LogP contribution in [0, 0.1) is 19.7 Å². The summed E-state index contributed by atoms with van der Waals surface area (Å²) in [5.74, 6) is 0.182. The van der Waals surface area contributed by atoms with Crippen LogP contribution < -0.4 is 4.74 Å². The molecular weight excluding hydrogens is 343 g/mol. The highest BCUT2D eigenvalue weighted by Crippen LogP contribution is 2.41. The maximum Gasteiger partial charge on any atom is 0.131 e. The molecule has 0 radical (unpaired) electrons. The lowest BCUT2D eigenvalue weighted by molar-refractivity contribution is 0.405. The fourth-order valence-corrected chi connectivity index (χ4v) is 3.38. The molecule has 0 spiro atoms. The van der Waals surface area contributed by atoms with E-state index in [0.29, 0.717) is 16.3 Å². The number of rotatable bonds is 3. The van der Waals surface area contributed by atoms with Crippen molar-refractivity contribution in [1.29, 1.82) is 0 Å². The van der Waals surface area contributed by atoms with Crippen molar-refractivity contribution in [3.05, 3.63) is 63.4 Å². The molecule has 1 unspecified atom stereocenters. The molecule has 1 atom stereocenters. The zero-order valence-corrected chi connectivity index (χ0v) is 13.8. The number of aryl methyl sites for hydroxylation is 2. The summed E-state index contributed by atoms with van der Waals surface area (Å²) in [5, 5.41) is 0.611. The summed E-state index contributed by atoms with van der Waals surface area (Å²) in [6, 6.07) is 8.65. The lowest BCUT2D eigenvalue weighted by atomic mass is 9.99. The molecule has 1 nitrogen and oxygen atoms in total. The van der Waals surface area contributed by atoms with Crippen LogP contribution >= 0.6 is 27.5 Å². The van der Waals surface area contributed by atoms with E-state index in [9.17, 15) is 4.39 Å². The van der Waals surface area contributed by atoms with E-state index in [1.165, 1.54) is 13.2 Å². The van der Waals surface area contributed by atoms with Crippen LogP contribution in [0.15, 0.2) is 30.3 Å². The first kappa shape index (κ1) is 15.3. The molecule has 0 saturated heterocycles. The van der Waals surface area contributed by atoms with Gasteiger partial charge in [0.15, 0.2) is 0 Å². The van der Waals surface area contributed by atoms with Crippen molar-refractivity contribution in [2.45, 2.75) is 18.7 Å². The Morgan fingerprint density at radius 2 is 1.85 bits per heavy atom. The summed E-state index contributed by atoms with van der Waals surface area (Å²) in [7, 11) is 1.53. The van der Waals surface area contributed by atoms with Crippen molar-refractivity contribution in [1.82, 2.24) is 0 Å². The van der Waals surface area contributed by atoms with Gasteiger partial charge in [-0.1, -0.05) is 39.7 Å². The van der Waals surface area contributed by atoms with Gasteiger partial charge < -0.3 is 4.74 Å². The minimum absolute atomic E-state index is 0.319. The Hall–Kier alpha value is -1.06. The summed E-state index contributed by atoms with van der Waals surface area (Å²) in [5.41, 5.74) is 3.52. The van der Waals surface area contributed by atoms with Crippen LogP contribution in [0.5, 0.6) is 5.75 Å². The van der Waals surface area contributed by atoms with Crippen molar-refractivity contribution in [2.24, 2.45) is 0 Å². The van der Waals surface area contributed by atoms with E-state index in [1.807, 2.05) is 26.0 Å². The lowest BCUT2D eigenvalue weighted by Crippen LogP contribution is -2.02. The SMILES string of the molecule is COc1cccc(F)c1C(Br)c1cc(C)c(C)cc1Cl. The Bertz CT molecular complexity index is 643. The van der Waals surface area contributed by atoms with Gasteiger partial charge in [0.2, 0.25) is 0 Å². The molecule has 20 heavy (non-hydrogen) atoms. The number of halogens is 3. The fourth-order valence-electron chi connectivity index (χ4n) is 2.09. The first-order chi connectivity index (χ1) is 9.45. The van der Waals surface area contributed by atoms with Crippen molar-refractivity contribution < 1.29 is 9.13 Å². The Labute approximate surface area is 131 Å². The van der Waals surface area contributed by atoms with Crippen LogP contribution in [0.25, 0.3) is 0 Å². The molecule has 0 aliphatic carbocycles. The van der Waals surface area contributed by atoms with E-state index in [2.05, 4.69) is 15.9 Å². The molecule has 0 bridgehead atoms. The number of hydrogen-bond donors (Lipinski definition) is 0. The fraction of sp³-hybridized carbons (Fsp3) is 0.250. The van der Waals surface area contributed by atoms with Crippen molar-refractivity contribution in [3.63, 3.8) is 0 Å². The third-order valence-electron chi connectivity index (χ3n) is 3.37. The maximum atomic E-state index is 14.1. The van der Waals surface area contributed by atoms with Gasteiger partial charge in [0.25, 0.3) is 0 Å². The molecule has 4 heteroatoms. The average Bonchev–Trinajstić information content (AvgIpc) is 2.41. The molecule has 0 aromatic heterocycles. The van der Waals surface area contributed by atoms with Gasteiger partial charge in [-0.25, -0.2) is 4.39 Å². The van der Waals surface area contributed by atoms with Gasteiger partial charge in [0.1, 0.15) is 11.6 Å². The van der Waals surface area contributed by atoms with Crippen molar-refractivity contribution in [3.8, 4) is 5.75 Å². The highest BCUT2D eigenvalue weighted by atomic mass is 79.9. The molecule has 0 amide bonds. The predicted molar refractivity (Wildman–Crippen MR) is 84.6 cm³/mol. The minimum Gasteiger partial charge on any atom is -0.496 e. The van der Waals surface area contributed by atoms with Gasteiger partial charge in [-0.3, -0.25) is 0 Å². The van der Waals surface area contributed by atoms with E-state index in [-0.39, 0.29) is 10.6 Å². The maximum absolute atomic E-state index is 14.1. The van der Waals surface area contributed by atoms with Crippen LogP contribution in [0.1, 0.15) is 27.1 Å². The molecule has 0 saturated carbocycles. The second-order valence-electron chi connectivity index (χ2n) is 4.68. The summed E-state index contributed by atoms with van der Waals surface area (Å²) >= 11 is 9.84. The molecular formula is C16H15BrClFO.